The number of allylic oxidation sites excluding steroid dienone is 1. The summed E-state index contributed by atoms with van der Waals surface area (Å²) in [5.74, 6) is 0.748. The van der Waals surface area contributed by atoms with E-state index >= 15 is 0 Å². The molecule has 1 N–H and O–H groups in total. The maximum Gasteiger partial charge on any atom is 0.226 e. The zero-order valence-electron chi connectivity index (χ0n) is 11.2. The number of rotatable bonds is 2. The van der Waals surface area contributed by atoms with Crippen molar-refractivity contribution >= 4 is 11.6 Å². The Balaban J connectivity index is 1.83. The van der Waals surface area contributed by atoms with Gasteiger partial charge in [-0.3, -0.25) is 4.98 Å². The summed E-state index contributed by atoms with van der Waals surface area (Å²) in [5.41, 5.74) is 3.28. The third-order valence-corrected chi connectivity index (χ3v) is 3.54. The minimum atomic E-state index is 0.0353. The van der Waals surface area contributed by atoms with Gasteiger partial charge in [0.15, 0.2) is 0 Å². The van der Waals surface area contributed by atoms with E-state index < -0.39 is 0 Å². The molecule has 0 saturated heterocycles. The molecule has 1 atom stereocenters. The van der Waals surface area contributed by atoms with E-state index in [0.29, 0.717) is 0 Å². The Bertz CT molecular complexity index is 777. The maximum absolute atomic E-state index is 4.33. The van der Waals surface area contributed by atoms with Crippen LogP contribution in [0.25, 0.3) is 5.70 Å². The van der Waals surface area contributed by atoms with Crippen LogP contribution in [-0.2, 0) is 0 Å². The molecule has 3 heterocycles. The Hall–Kier alpha value is -2.95. The molecule has 5 nitrogen and oxygen atoms in total. The molecule has 0 saturated carbocycles. The van der Waals surface area contributed by atoms with Crippen LogP contribution in [0, 0.1) is 0 Å². The molecule has 102 valence electrons. The lowest BCUT2D eigenvalue weighted by molar-refractivity contribution is 0.612. The molecule has 0 aliphatic carbocycles. The lowest BCUT2D eigenvalue weighted by Crippen LogP contribution is -2.20. The van der Waals surface area contributed by atoms with E-state index in [-0.39, 0.29) is 6.04 Å². The zero-order valence-corrected chi connectivity index (χ0v) is 11.2. The monoisotopic (exact) mass is 275 g/mol. The summed E-state index contributed by atoms with van der Waals surface area (Å²) in [6.07, 6.45) is 7.30. The van der Waals surface area contributed by atoms with E-state index in [1.54, 1.807) is 18.7 Å². The van der Waals surface area contributed by atoms with Gasteiger partial charge < -0.3 is 5.32 Å². The summed E-state index contributed by atoms with van der Waals surface area (Å²) in [6.45, 7) is 0. The summed E-state index contributed by atoms with van der Waals surface area (Å²) in [5, 5.41) is 7.64. The highest BCUT2D eigenvalue weighted by Crippen LogP contribution is 2.31. The molecule has 0 fully saturated rings. The van der Waals surface area contributed by atoms with Gasteiger partial charge in [0.2, 0.25) is 5.95 Å². The average molecular weight is 275 g/mol. The lowest BCUT2D eigenvalue weighted by Gasteiger charge is -2.24. The van der Waals surface area contributed by atoms with Gasteiger partial charge in [-0.25, -0.2) is 4.68 Å². The Morgan fingerprint density at radius 1 is 1.00 bits per heavy atom. The first-order chi connectivity index (χ1) is 10.4. The van der Waals surface area contributed by atoms with E-state index in [0.717, 1.165) is 17.2 Å². The lowest BCUT2D eigenvalue weighted by atomic mass is 10.0. The summed E-state index contributed by atoms with van der Waals surface area (Å²) in [6, 6.07) is 14.3. The van der Waals surface area contributed by atoms with E-state index in [1.165, 1.54) is 5.56 Å². The highest BCUT2D eigenvalue weighted by molar-refractivity contribution is 5.76. The number of aromatic nitrogens is 4. The second-order valence-electron chi connectivity index (χ2n) is 4.82. The number of hydrogen-bond donors (Lipinski definition) is 1. The zero-order chi connectivity index (χ0) is 14.1. The minimum absolute atomic E-state index is 0.0353. The van der Waals surface area contributed by atoms with Crippen LogP contribution in [0.15, 0.2) is 67.3 Å². The summed E-state index contributed by atoms with van der Waals surface area (Å²) in [7, 11) is 0. The van der Waals surface area contributed by atoms with Crippen molar-refractivity contribution in [3.8, 4) is 0 Å². The molecule has 0 bridgehead atoms. The van der Waals surface area contributed by atoms with E-state index in [4.69, 9.17) is 0 Å². The number of anilines is 1. The molecule has 21 heavy (non-hydrogen) atoms. The first-order valence-electron chi connectivity index (χ1n) is 6.75. The summed E-state index contributed by atoms with van der Waals surface area (Å²) in [4.78, 5) is 8.36. The molecule has 3 aromatic rings. The third-order valence-electron chi connectivity index (χ3n) is 3.54. The topological polar surface area (TPSA) is 55.6 Å². The van der Waals surface area contributed by atoms with Gasteiger partial charge in [-0.15, -0.1) is 0 Å². The standard InChI is InChI=1S/C16H13N5/c1-2-4-13(5-3-1)15-10-14(12-6-8-17-9-7-12)20-16-18-11-19-21(15)16/h1-11,15H,(H,18,19,20). The van der Waals surface area contributed by atoms with Gasteiger partial charge in [-0.05, 0) is 23.8 Å². The molecule has 0 amide bonds. The molecule has 1 aliphatic heterocycles. The SMILES string of the molecule is C1=C(c2ccncc2)Nc2ncnn2C1c1ccccc1. The quantitative estimate of drug-likeness (QED) is 0.781. The Kier molecular flexibility index (Phi) is 2.74. The van der Waals surface area contributed by atoms with Gasteiger partial charge in [0.05, 0.1) is 0 Å². The first-order valence-corrected chi connectivity index (χ1v) is 6.75. The van der Waals surface area contributed by atoms with E-state index in [2.05, 4.69) is 38.6 Å². The fourth-order valence-electron chi connectivity index (χ4n) is 2.52. The Morgan fingerprint density at radius 2 is 1.81 bits per heavy atom. The summed E-state index contributed by atoms with van der Waals surface area (Å²) >= 11 is 0. The normalized spacial score (nSPS) is 16.8. The molecule has 1 unspecified atom stereocenters. The second-order valence-corrected chi connectivity index (χ2v) is 4.82. The number of benzene rings is 1. The van der Waals surface area contributed by atoms with Crippen LogP contribution < -0.4 is 5.32 Å². The minimum Gasteiger partial charge on any atom is -0.324 e. The van der Waals surface area contributed by atoms with Crippen molar-refractivity contribution in [2.45, 2.75) is 6.04 Å². The van der Waals surface area contributed by atoms with Gasteiger partial charge in [-0.1, -0.05) is 30.3 Å². The Labute approximate surface area is 122 Å². The van der Waals surface area contributed by atoms with Crippen LogP contribution in [-0.4, -0.2) is 19.7 Å². The molecular formula is C16H13N5. The highest BCUT2D eigenvalue weighted by Gasteiger charge is 2.22. The maximum atomic E-state index is 4.33. The largest absolute Gasteiger partial charge is 0.324 e. The second kappa shape index (κ2) is 4.86. The first kappa shape index (κ1) is 11.8. The van der Waals surface area contributed by atoms with Crippen molar-refractivity contribution in [1.82, 2.24) is 19.7 Å². The number of nitrogens with zero attached hydrogens (tertiary/aromatic N) is 4. The van der Waals surface area contributed by atoms with Gasteiger partial charge in [0.1, 0.15) is 12.4 Å². The van der Waals surface area contributed by atoms with Gasteiger partial charge in [-0.2, -0.15) is 10.1 Å². The smallest absolute Gasteiger partial charge is 0.226 e. The number of pyridine rings is 1. The van der Waals surface area contributed by atoms with Crippen LogP contribution in [0.4, 0.5) is 5.95 Å². The number of hydrogen-bond acceptors (Lipinski definition) is 4. The van der Waals surface area contributed by atoms with Gasteiger partial charge >= 0.3 is 0 Å². The average Bonchev–Trinajstić information content (AvgIpc) is 3.04. The fraction of sp³-hybridized carbons (Fsp3) is 0.0625. The number of nitrogens with one attached hydrogen (secondary N) is 1. The Morgan fingerprint density at radius 3 is 2.62 bits per heavy atom. The van der Waals surface area contributed by atoms with Crippen molar-refractivity contribution in [2.75, 3.05) is 5.32 Å². The van der Waals surface area contributed by atoms with Crippen molar-refractivity contribution in [2.24, 2.45) is 0 Å². The molecule has 1 aliphatic rings. The molecule has 5 heteroatoms. The van der Waals surface area contributed by atoms with Crippen LogP contribution in [0.5, 0.6) is 0 Å². The van der Waals surface area contributed by atoms with E-state index in [1.807, 2.05) is 35.0 Å². The van der Waals surface area contributed by atoms with E-state index in [9.17, 15) is 0 Å². The molecule has 4 rings (SSSR count). The third kappa shape index (κ3) is 2.08. The molecular weight excluding hydrogens is 262 g/mol. The predicted octanol–water partition coefficient (Wildman–Crippen LogP) is 2.73. The molecule has 1 aromatic carbocycles. The predicted molar refractivity (Wildman–Crippen MR) is 80.4 cm³/mol. The van der Waals surface area contributed by atoms with Crippen LogP contribution in [0.3, 0.4) is 0 Å². The van der Waals surface area contributed by atoms with Gasteiger partial charge in [0, 0.05) is 23.7 Å². The van der Waals surface area contributed by atoms with Crippen LogP contribution in [0.2, 0.25) is 0 Å². The van der Waals surface area contributed by atoms with Crippen molar-refractivity contribution < 1.29 is 0 Å². The molecule has 0 spiro atoms. The fourth-order valence-corrected chi connectivity index (χ4v) is 2.52. The number of fused-ring (bicyclic) bond motifs is 1. The van der Waals surface area contributed by atoms with Crippen molar-refractivity contribution in [1.29, 1.82) is 0 Å². The summed E-state index contributed by atoms with van der Waals surface area (Å²) < 4.78 is 1.89. The van der Waals surface area contributed by atoms with Crippen molar-refractivity contribution in [3.63, 3.8) is 0 Å². The van der Waals surface area contributed by atoms with Crippen LogP contribution in [0.1, 0.15) is 17.2 Å². The molecule has 2 aromatic heterocycles. The molecule has 0 radical (unpaired) electrons. The van der Waals surface area contributed by atoms with Gasteiger partial charge in [0.25, 0.3) is 0 Å². The van der Waals surface area contributed by atoms with Crippen LogP contribution >= 0.6 is 0 Å². The van der Waals surface area contributed by atoms with Crippen molar-refractivity contribution in [3.05, 3.63) is 78.4 Å². The highest BCUT2D eigenvalue weighted by atomic mass is 15.4.